The van der Waals surface area contributed by atoms with E-state index >= 15 is 0 Å². The van der Waals surface area contributed by atoms with Gasteiger partial charge in [-0.1, -0.05) is 30.3 Å². The monoisotopic (exact) mass is 570 g/mol. The molecule has 0 radical (unpaired) electrons. The Morgan fingerprint density at radius 1 is 0.929 bits per heavy atom. The average molecular weight is 571 g/mol. The number of hydrogen-bond donors (Lipinski definition) is 3. The third kappa shape index (κ3) is 4.82. The van der Waals surface area contributed by atoms with Gasteiger partial charge in [0.25, 0.3) is 0 Å². The summed E-state index contributed by atoms with van der Waals surface area (Å²) in [7, 11) is 0. The first-order valence-electron chi connectivity index (χ1n) is 13.1. The number of carbonyl (C=O) groups excluding carboxylic acids is 2. The van der Waals surface area contributed by atoms with E-state index in [0.29, 0.717) is 27.8 Å². The van der Waals surface area contributed by atoms with Crippen LogP contribution in [0.4, 0.5) is 5.69 Å². The minimum absolute atomic E-state index is 0.0248. The van der Waals surface area contributed by atoms with E-state index in [1.54, 1.807) is 37.9 Å². The van der Waals surface area contributed by atoms with Crippen molar-refractivity contribution in [2.45, 2.75) is 13.3 Å². The van der Waals surface area contributed by atoms with Crippen molar-refractivity contribution in [2.75, 3.05) is 5.32 Å². The number of H-pyrrole nitrogens is 2. The van der Waals surface area contributed by atoms with Crippen LogP contribution >= 0.6 is 11.3 Å². The summed E-state index contributed by atoms with van der Waals surface area (Å²) >= 11 is 1.42. The minimum Gasteiger partial charge on any atom is -0.335 e. The Bertz CT molecular complexity index is 2110. The Balaban J connectivity index is 1.21. The second-order valence-electron chi connectivity index (χ2n) is 9.75. The molecule has 1 amide bonds. The Morgan fingerprint density at radius 3 is 2.62 bits per heavy atom. The van der Waals surface area contributed by atoms with Crippen LogP contribution in [0, 0.1) is 0 Å². The van der Waals surface area contributed by atoms with Gasteiger partial charge in [0.05, 0.1) is 52.3 Å². The second-order valence-corrected chi connectivity index (χ2v) is 10.8. The molecule has 0 aliphatic carbocycles. The summed E-state index contributed by atoms with van der Waals surface area (Å²) in [5, 5.41) is 11.3. The van der Waals surface area contributed by atoms with Crippen molar-refractivity contribution < 1.29 is 9.59 Å². The lowest BCUT2D eigenvalue weighted by atomic mass is 10.1. The van der Waals surface area contributed by atoms with Crippen LogP contribution in [0.1, 0.15) is 22.2 Å². The van der Waals surface area contributed by atoms with Crippen molar-refractivity contribution in [3.63, 3.8) is 0 Å². The molecule has 3 N–H and O–H groups in total. The molecule has 0 unspecified atom stereocenters. The van der Waals surface area contributed by atoms with Crippen LogP contribution in [0.2, 0.25) is 0 Å². The molecular weight excluding hydrogens is 548 g/mol. The molecule has 0 bridgehead atoms. The van der Waals surface area contributed by atoms with Crippen LogP contribution < -0.4 is 5.32 Å². The Labute approximate surface area is 242 Å². The average Bonchev–Trinajstić information content (AvgIpc) is 3.75. The van der Waals surface area contributed by atoms with E-state index in [1.807, 2.05) is 54.6 Å². The van der Waals surface area contributed by atoms with Crippen LogP contribution in [-0.2, 0) is 11.2 Å². The summed E-state index contributed by atoms with van der Waals surface area (Å²) in [6.07, 6.45) is 8.78. The van der Waals surface area contributed by atoms with Gasteiger partial charge in [-0.15, -0.1) is 11.3 Å². The van der Waals surface area contributed by atoms with Crippen LogP contribution in [0.5, 0.6) is 0 Å². The first-order valence-corrected chi connectivity index (χ1v) is 13.9. The van der Waals surface area contributed by atoms with Gasteiger partial charge >= 0.3 is 0 Å². The maximum absolute atomic E-state index is 12.6. The van der Waals surface area contributed by atoms with E-state index < -0.39 is 0 Å². The maximum Gasteiger partial charge on any atom is 0.228 e. The van der Waals surface area contributed by atoms with E-state index in [9.17, 15) is 9.59 Å². The number of anilines is 1. The lowest BCUT2D eigenvalue weighted by molar-refractivity contribution is -0.115. The number of carbonyl (C=O) groups is 2. The molecule has 0 saturated carbocycles. The van der Waals surface area contributed by atoms with Gasteiger partial charge < -0.3 is 10.3 Å². The van der Waals surface area contributed by atoms with Gasteiger partial charge in [-0.3, -0.25) is 29.6 Å². The van der Waals surface area contributed by atoms with E-state index in [2.05, 4.69) is 35.5 Å². The molecule has 0 atom stereocenters. The number of pyridine rings is 3. The van der Waals surface area contributed by atoms with E-state index in [1.165, 1.54) is 11.3 Å². The highest BCUT2D eigenvalue weighted by Crippen LogP contribution is 2.35. The minimum atomic E-state index is -0.125. The zero-order chi connectivity index (χ0) is 28.6. The molecule has 0 spiro atoms. The number of imidazole rings is 1. The zero-order valence-corrected chi connectivity index (χ0v) is 23.1. The highest BCUT2D eigenvalue weighted by Gasteiger charge is 2.18. The number of aromatic nitrogens is 7. The number of hydrogen-bond acceptors (Lipinski definition) is 8. The molecule has 0 saturated heterocycles. The zero-order valence-electron chi connectivity index (χ0n) is 22.3. The summed E-state index contributed by atoms with van der Waals surface area (Å²) in [5.41, 5.74) is 6.65. The van der Waals surface area contributed by atoms with E-state index in [4.69, 9.17) is 4.98 Å². The second kappa shape index (κ2) is 10.5. The van der Waals surface area contributed by atoms with Crippen molar-refractivity contribution >= 4 is 50.7 Å². The van der Waals surface area contributed by atoms with Gasteiger partial charge in [0.15, 0.2) is 11.6 Å². The van der Waals surface area contributed by atoms with Gasteiger partial charge in [0.1, 0.15) is 11.2 Å². The molecular formula is C31H22N8O2S. The number of nitrogens with one attached hydrogen (secondary N) is 3. The molecule has 0 aliphatic heterocycles. The standard InChI is InChI=1S/C31H22N8O2S/c1-17(40)26-7-8-27(42-26)22-14-33-15-25-29(22)37-31(36-25)30-21-11-23(34-16-24(21)38-39-30)19-10-20(13-32-12-19)35-28(41)9-18-5-3-2-4-6-18/h2-8,10-16H,9H2,1H3,(H,35,41)(H,36,37)(H,38,39). The van der Waals surface area contributed by atoms with Crippen LogP contribution in [0.3, 0.4) is 0 Å². The van der Waals surface area contributed by atoms with Gasteiger partial charge in [-0.2, -0.15) is 5.10 Å². The van der Waals surface area contributed by atoms with Gasteiger partial charge in [-0.25, -0.2) is 4.98 Å². The predicted octanol–water partition coefficient (Wildman–Crippen LogP) is 6.07. The SMILES string of the molecule is CC(=O)c1ccc(-c2cncc3[nH]c(-c4n[nH]c5cnc(-c6cncc(NC(=O)Cc7ccccc7)c6)cc45)nc23)s1. The van der Waals surface area contributed by atoms with E-state index in [-0.39, 0.29) is 18.1 Å². The summed E-state index contributed by atoms with van der Waals surface area (Å²) in [5.74, 6) is 0.474. The van der Waals surface area contributed by atoms with Gasteiger partial charge in [-0.05, 0) is 36.8 Å². The molecule has 42 heavy (non-hydrogen) atoms. The number of ketones is 1. The van der Waals surface area contributed by atoms with Crippen molar-refractivity contribution in [1.29, 1.82) is 0 Å². The molecule has 1 aromatic carbocycles. The van der Waals surface area contributed by atoms with Crippen molar-refractivity contribution in [3.8, 4) is 33.2 Å². The number of amides is 1. The third-order valence-electron chi connectivity index (χ3n) is 6.81. The number of rotatable bonds is 7. The quantitative estimate of drug-likeness (QED) is 0.197. The maximum atomic E-state index is 12.6. The summed E-state index contributed by atoms with van der Waals surface area (Å²) in [6.45, 7) is 1.56. The summed E-state index contributed by atoms with van der Waals surface area (Å²) < 4.78 is 0. The molecule has 6 heterocycles. The fourth-order valence-corrected chi connectivity index (χ4v) is 5.70. The lowest BCUT2D eigenvalue weighted by Crippen LogP contribution is -2.14. The third-order valence-corrected chi connectivity index (χ3v) is 8.03. The number of Topliss-reactive ketones (excluding diaryl/α,β-unsaturated/α-hetero) is 1. The summed E-state index contributed by atoms with van der Waals surface area (Å²) in [6, 6.07) is 17.1. The molecule has 11 heteroatoms. The van der Waals surface area contributed by atoms with Gasteiger partial charge in [0.2, 0.25) is 5.91 Å². The fourth-order valence-electron chi connectivity index (χ4n) is 4.79. The highest BCUT2D eigenvalue weighted by molar-refractivity contribution is 7.17. The van der Waals surface area contributed by atoms with Crippen molar-refractivity contribution in [1.82, 2.24) is 35.1 Å². The number of aromatic amines is 2. The number of fused-ring (bicyclic) bond motifs is 2. The molecule has 7 aromatic rings. The van der Waals surface area contributed by atoms with Crippen LogP contribution in [-0.4, -0.2) is 46.8 Å². The fraction of sp³-hybridized carbons (Fsp3) is 0.0645. The predicted molar refractivity (Wildman–Crippen MR) is 162 cm³/mol. The van der Waals surface area contributed by atoms with Crippen LogP contribution in [0.25, 0.3) is 55.2 Å². The number of thiophene rings is 1. The first kappa shape index (κ1) is 25.4. The summed E-state index contributed by atoms with van der Waals surface area (Å²) in [4.78, 5) is 47.6. The molecule has 204 valence electrons. The lowest BCUT2D eigenvalue weighted by Gasteiger charge is -2.07. The Hall–Kier alpha value is -5.55. The number of benzene rings is 1. The first-order chi connectivity index (χ1) is 20.5. The normalized spacial score (nSPS) is 11.3. The molecule has 0 aliphatic rings. The molecule has 7 rings (SSSR count). The van der Waals surface area contributed by atoms with Gasteiger partial charge in [0, 0.05) is 33.8 Å². The Morgan fingerprint density at radius 2 is 1.79 bits per heavy atom. The number of nitrogens with zero attached hydrogens (tertiary/aromatic N) is 5. The van der Waals surface area contributed by atoms with E-state index in [0.717, 1.165) is 43.5 Å². The van der Waals surface area contributed by atoms with Crippen molar-refractivity contribution in [3.05, 3.63) is 96.0 Å². The molecule has 6 aromatic heterocycles. The molecule has 0 fully saturated rings. The largest absolute Gasteiger partial charge is 0.335 e. The topological polar surface area (TPSA) is 142 Å². The highest BCUT2D eigenvalue weighted by atomic mass is 32.1. The smallest absolute Gasteiger partial charge is 0.228 e. The van der Waals surface area contributed by atoms with Crippen LogP contribution in [0.15, 0.2) is 85.6 Å². The molecule has 10 nitrogen and oxygen atoms in total. The Kier molecular flexibility index (Phi) is 6.32. The van der Waals surface area contributed by atoms with Crippen molar-refractivity contribution in [2.24, 2.45) is 0 Å².